The zero-order valence-corrected chi connectivity index (χ0v) is 14.1. The van der Waals surface area contributed by atoms with Gasteiger partial charge in [-0.05, 0) is 30.0 Å². The van der Waals surface area contributed by atoms with Crippen molar-refractivity contribution in [3.8, 4) is 0 Å². The van der Waals surface area contributed by atoms with Crippen LogP contribution in [0.5, 0.6) is 0 Å². The second kappa shape index (κ2) is 6.13. The highest BCUT2D eigenvalue weighted by Crippen LogP contribution is 2.55. The summed E-state index contributed by atoms with van der Waals surface area (Å²) in [6.45, 7) is 4.76. The highest BCUT2D eigenvalue weighted by molar-refractivity contribution is 7.74. The van der Waals surface area contributed by atoms with Crippen LogP contribution in [0.2, 0.25) is 0 Å². The molecule has 2 aromatic carbocycles. The molecule has 1 heterocycles. The van der Waals surface area contributed by atoms with Gasteiger partial charge in [0.15, 0.2) is 0 Å². The molecule has 3 rings (SSSR count). The standard InChI is InChI=1S/C19H19PS/c1-19(2,18-14-9-15-21-18)20(16-10-5-3-6-11-16)17-12-7-4-8-13-17/h3-15H,1-2H3. The van der Waals surface area contributed by atoms with Crippen LogP contribution in [0.25, 0.3) is 0 Å². The molecule has 0 amide bonds. The lowest BCUT2D eigenvalue weighted by Crippen LogP contribution is -2.26. The fourth-order valence-corrected chi connectivity index (χ4v) is 6.69. The van der Waals surface area contributed by atoms with E-state index in [0.29, 0.717) is 0 Å². The van der Waals surface area contributed by atoms with Gasteiger partial charge in [-0.1, -0.05) is 80.6 Å². The quantitative estimate of drug-likeness (QED) is 0.587. The Balaban J connectivity index is 2.13. The zero-order chi connectivity index (χ0) is 14.7. The number of hydrogen-bond donors (Lipinski definition) is 0. The molecular weight excluding hydrogens is 291 g/mol. The maximum Gasteiger partial charge on any atom is 0.0272 e. The van der Waals surface area contributed by atoms with Gasteiger partial charge in [0, 0.05) is 10.0 Å². The first-order valence-corrected chi connectivity index (χ1v) is 9.36. The first kappa shape index (κ1) is 14.5. The van der Waals surface area contributed by atoms with Crippen LogP contribution in [0, 0.1) is 0 Å². The molecule has 0 saturated heterocycles. The van der Waals surface area contributed by atoms with Crippen LogP contribution < -0.4 is 10.6 Å². The topological polar surface area (TPSA) is 0 Å². The second-order valence-electron chi connectivity index (χ2n) is 5.54. The highest BCUT2D eigenvalue weighted by Gasteiger charge is 2.34. The lowest BCUT2D eigenvalue weighted by molar-refractivity contribution is 0.791. The third-order valence-corrected chi connectivity index (χ3v) is 8.04. The predicted octanol–water partition coefficient (Wildman–Crippen LogP) is 5.12. The van der Waals surface area contributed by atoms with Gasteiger partial charge in [0.05, 0.1) is 0 Å². The van der Waals surface area contributed by atoms with Crippen molar-refractivity contribution < 1.29 is 0 Å². The Bertz CT molecular complexity index is 633. The van der Waals surface area contributed by atoms with E-state index in [1.54, 1.807) is 0 Å². The molecule has 0 spiro atoms. The van der Waals surface area contributed by atoms with Crippen LogP contribution in [0.1, 0.15) is 18.7 Å². The Kier molecular flexibility index (Phi) is 4.24. The summed E-state index contributed by atoms with van der Waals surface area (Å²) in [5, 5.41) is 5.20. The summed E-state index contributed by atoms with van der Waals surface area (Å²) in [5.41, 5.74) is 0. The summed E-state index contributed by atoms with van der Waals surface area (Å²) in [5.74, 6) is 0. The largest absolute Gasteiger partial charge is 0.148 e. The smallest absolute Gasteiger partial charge is 0.0272 e. The van der Waals surface area contributed by atoms with Crippen LogP contribution in [0.3, 0.4) is 0 Å². The van der Waals surface area contributed by atoms with Gasteiger partial charge in [0.25, 0.3) is 0 Å². The Morgan fingerprint density at radius 1 is 0.714 bits per heavy atom. The second-order valence-corrected chi connectivity index (χ2v) is 9.31. The average molecular weight is 310 g/mol. The van der Waals surface area contributed by atoms with Crippen molar-refractivity contribution in [2.24, 2.45) is 0 Å². The van der Waals surface area contributed by atoms with Crippen LogP contribution in [0.4, 0.5) is 0 Å². The number of hydrogen-bond acceptors (Lipinski definition) is 1. The number of rotatable bonds is 4. The van der Waals surface area contributed by atoms with E-state index in [-0.39, 0.29) is 5.16 Å². The maximum absolute atomic E-state index is 2.38. The lowest BCUT2D eigenvalue weighted by atomic mass is 10.2. The average Bonchev–Trinajstić information content (AvgIpc) is 3.04. The van der Waals surface area contributed by atoms with Gasteiger partial charge in [0.2, 0.25) is 0 Å². The molecule has 21 heavy (non-hydrogen) atoms. The van der Waals surface area contributed by atoms with Crippen molar-refractivity contribution in [1.29, 1.82) is 0 Å². The van der Waals surface area contributed by atoms with E-state index in [2.05, 4.69) is 92.0 Å². The van der Waals surface area contributed by atoms with Gasteiger partial charge >= 0.3 is 0 Å². The number of benzene rings is 2. The fourth-order valence-electron chi connectivity index (χ4n) is 2.69. The fraction of sp³-hybridized carbons (Fsp3) is 0.158. The monoisotopic (exact) mass is 310 g/mol. The molecule has 106 valence electrons. The van der Waals surface area contributed by atoms with Gasteiger partial charge in [-0.3, -0.25) is 0 Å². The molecule has 3 aromatic rings. The highest BCUT2D eigenvalue weighted by atomic mass is 32.1. The summed E-state index contributed by atoms with van der Waals surface area (Å²) in [6, 6.07) is 26.3. The Morgan fingerprint density at radius 3 is 1.67 bits per heavy atom. The van der Waals surface area contributed by atoms with E-state index in [1.165, 1.54) is 15.5 Å². The van der Waals surface area contributed by atoms with Crippen LogP contribution in [-0.2, 0) is 5.16 Å². The van der Waals surface area contributed by atoms with Crippen molar-refractivity contribution >= 4 is 29.9 Å². The molecule has 0 bridgehead atoms. The molecule has 2 heteroatoms. The maximum atomic E-state index is 2.38. The lowest BCUT2D eigenvalue weighted by Gasteiger charge is -2.35. The third kappa shape index (κ3) is 2.95. The van der Waals surface area contributed by atoms with E-state index in [0.717, 1.165) is 0 Å². The molecule has 0 fully saturated rings. The van der Waals surface area contributed by atoms with Gasteiger partial charge < -0.3 is 0 Å². The van der Waals surface area contributed by atoms with E-state index in [1.807, 2.05) is 11.3 Å². The molecule has 0 aliphatic heterocycles. The van der Waals surface area contributed by atoms with E-state index in [4.69, 9.17) is 0 Å². The first-order chi connectivity index (χ1) is 10.2. The minimum Gasteiger partial charge on any atom is -0.148 e. The van der Waals surface area contributed by atoms with Gasteiger partial charge in [0.1, 0.15) is 0 Å². The predicted molar refractivity (Wildman–Crippen MR) is 96.4 cm³/mol. The molecule has 0 nitrogen and oxygen atoms in total. The van der Waals surface area contributed by atoms with Crippen LogP contribution >= 0.6 is 19.3 Å². The summed E-state index contributed by atoms with van der Waals surface area (Å²) >= 11 is 1.86. The Morgan fingerprint density at radius 2 is 1.24 bits per heavy atom. The van der Waals surface area contributed by atoms with Crippen LogP contribution in [0.15, 0.2) is 78.2 Å². The molecule has 0 aliphatic carbocycles. The van der Waals surface area contributed by atoms with Crippen molar-refractivity contribution in [2.75, 3.05) is 0 Å². The number of thiophene rings is 1. The summed E-state index contributed by atoms with van der Waals surface area (Å²) < 4.78 is 0. The summed E-state index contributed by atoms with van der Waals surface area (Å²) in [6.07, 6.45) is 0. The third-order valence-electron chi connectivity index (χ3n) is 3.71. The molecule has 0 radical (unpaired) electrons. The molecular formula is C19H19PS. The minimum absolute atomic E-state index is 0.131. The van der Waals surface area contributed by atoms with Crippen molar-refractivity contribution in [1.82, 2.24) is 0 Å². The van der Waals surface area contributed by atoms with Gasteiger partial charge in [-0.15, -0.1) is 11.3 Å². The summed E-state index contributed by atoms with van der Waals surface area (Å²) in [7, 11) is -0.434. The van der Waals surface area contributed by atoms with Gasteiger partial charge in [-0.2, -0.15) is 0 Å². The molecule has 0 saturated carbocycles. The Labute approximate surface area is 132 Å². The van der Waals surface area contributed by atoms with Crippen molar-refractivity contribution in [3.05, 3.63) is 83.1 Å². The molecule has 0 unspecified atom stereocenters. The summed E-state index contributed by atoms with van der Waals surface area (Å²) in [4.78, 5) is 1.46. The van der Waals surface area contributed by atoms with E-state index >= 15 is 0 Å². The Hall–Kier alpha value is -1.43. The van der Waals surface area contributed by atoms with Crippen molar-refractivity contribution in [3.63, 3.8) is 0 Å². The molecule has 1 aromatic heterocycles. The van der Waals surface area contributed by atoms with E-state index < -0.39 is 7.92 Å². The molecule has 0 N–H and O–H groups in total. The first-order valence-electron chi connectivity index (χ1n) is 7.14. The van der Waals surface area contributed by atoms with Gasteiger partial charge in [-0.25, -0.2) is 0 Å². The van der Waals surface area contributed by atoms with Crippen LogP contribution in [-0.4, -0.2) is 0 Å². The minimum atomic E-state index is -0.434. The zero-order valence-electron chi connectivity index (χ0n) is 12.4. The van der Waals surface area contributed by atoms with E-state index in [9.17, 15) is 0 Å². The van der Waals surface area contributed by atoms with Crippen molar-refractivity contribution in [2.45, 2.75) is 19.0 Å². The SMILES string of the molecule is CC(C)(c1cccs1)P(c1ccccc1)c1ccccc1. The molecule has 0 aliphatic rings. The molecule has 0 atom stereocenters. The normalized spacial score (nSPS) is 11.8.